The summed E-state index contributed by atoms with van der Waals surface area (Å²) >= 11 is 3.65. The molecule has 0 unspecified atom stereocenters. The Morgan fingerprint density at radius 3 is 1.25 bits per heavy atom. The molecule has 2 nitrogen and oxygen atoms in total. The van der Waals surface area contributed by atoms with Crippen LogP contribution in [0.25, 0.3) is 95.7 Å². The van der Waals surface area contributed by atoms with E-state index in [4.69, 9.17) is 8.83 Å². The molecule has 0 amide bonds. The van der Waals surface area contributed by atoms with Crippen LogP contribution in [-0.2, 0) is 0 Å². The summed E-state index contributed by atoms with van der Waals surface area (Å²) in [6, 6.07) is 31.6. The van der Waals surface area contributed by atoms with Crippen LogP contribution in [0, 0.1) is 27.7 Å². The summed E-state index contributed by atoms with van der Waals surface area (Å²) in [7, 11) is 0. The minimum Gasteiger partial charge on any atom is -0.454 e. The first-order valence-corrected chi connectivity index (χ1v) is 16.6. The van der Waals surface area contributed by atoms with Gasteiger partial charge in [0.15, 0.2) is 0 Å². The molecule has 4 heterocycles. The van der Waals surface area contributed by atoms with E-state index in [0.717, 1.165) is 33.1 Å². The Kier molecular flexibility index (Phi) is 4.78. The zero-order valence-electron chi connectivity index (χ0n) is 24.7. The highest BCUT2D eigenvalue weighted by Gasteiger charge is 2.22. The van der Waals surface area contributed by atoms with Gasteiger partial charge in [-0.2, -0.15) is 0 Å². The van der Waals surface area contributed by atoms with Crippen molar-refractivity contribution in [3.8, 4) is 20.9 Å². The van der Waals surface area contributed by atoms with Crippen LogP contribution in [0.5, 0.6) is 0 Å². The molecule has 0 aliphatic rings. The average Bonchev–Trinajstić information content (AvgIpc) is 3.74. The van der Waals surface area contributed by atoms with Crippen LogP contribution in [0.1, 0.15) is 22.3 Å². The van der Waals surface area contributed by atoms with Crippen LogP contribution in [0.3, 0.4) is 0 Å². The van der Waals surface area contributed by atoms with Gasteiger partial charge in [0, 0.05) is 54.2 Å². The van der Waals surface area contributed by atoms with Crippen molar-refractivity contribution < 1.29 is 8.83 Å². The van der Waals surface area contributed by atoms with Crippen LogP contribution in [-0.4, -0.2) is 0 Å². The van der Waals surface area contributed by atoms with Crippen molar-refractivity contribution in [3.05, 3.63) is 107 Å². The lowest BCUT2D eigenvalue weighted by molar-refractivity contribution is 0.673. The van der Waals surface area contributed by atoms with Crippen LogP contribution in [0.2, 0.25) is 0 Å². The van der Waals surface area contributed by atoms with E-state index in [-0.39, 0.29) is 0 Å². The van der Waals surface area contributed by atoms with E-state index in [1.807, 2.05) is 22.7 Å². The summed E-state index contributed by atoms with van der Waals surface area (Å²) in [4.78, 5) is 2.50. The van der Waals surface area contributed by atoms with Gasteiger partial charge in [0.2, 0.25) is 0 Å². The van der Waals surface area contributed by atoms with Gasteiger partial charge in [-0.3, -0.25) is 0 Å². The molecule has 10 aromatic rings. The van der Waals surface area contributed by atoms with Crippen LogP contribution < -0.4 is 0 Å². The molecule has 0 radical (unpaired) electrons. The topological polar surface area (TPSA) is 26.3 Å². The minimum absolute atomic E-state index is 0.961. The molecule has 0 aliphatic heterocycles. The highest BCUT2D eigenvalue weighted by atomic mass is 32.1. The molecule has 6 aromatic carbocycles. The highest BCUT2D eigenvalue weighted by Crippen LogP contribution is 2.49. The van der Waals surface area contributed by atoms with E-state index in [1.165, 1.54) is 84.9 Å². The molecule has 0 bridgehead atoms. The fourth-order valence-corrected chi connectivity index (χ4v) is 9.64. The number of hydrogen-bond acceptors (Lipinski definition) is 4. The molecule has 4 heteroatoms. The first-order valence-electron chi connectivity index (χ1n) is 15.0. The second-order valence-electron chi connectivity index (χ2n) is 12.5. The van der Waals surface area contributed by atoms with E-state index in [1.54, 1.807) is 0 Å². The zero-order valence-corrected chi connectivity index (χ0v) is 26.3. The van der Waals surface area contributed by atoms with Gasteiger partial charge >= 0.3 is 0 Å². The van der Waals surface area contributed by atoms with Crippen LogP contribution in [0.4, 0.5) is 0 Å². The minimum atomic E-state index is 0.961. The third-order valence-electron chi connectivity index (χ3n) is 9.13. The standard InChI is InChI=1S/C40H26O2S2/c1-19-9-20(2)12-25(11-19)33-17-31-39(43-33)29-15-23-5-8-28-36-24(6-7-27(35(23)36)37(29)41-31)16-30-38(28)42-32-18-34(44-40(30)32)26-13-21(3)10-22(4)14-26/h5-18H,1-4H3. The van der Waals surface area contributed by atoms with E-state index < -0.39 is 0 Å². The lowest BCUT2D eigenvalue weighted by Crippen LogP contribution is -1.85. The summed E-state index contributed by atoms with van der Waals surface area (Å²) in [6.45, 7) is 8.65. The predicted octanol–water partition coefficient (Wildman–Crippen LogP) is 13.1. The molecule has 0 saturated heterocycles. The van der Waals surface area contributed by atoms with Gasteiger partial charge in [-0.25, -0.2) is 0 Å². The molecular formula is C40H26O2S2. The Morgan fingerprint density at radius 1 is 0.432 bits per heavy atom. The number of aryl methyl sites for hydroxylation is 4. The van der Waals surface area contributed by atoms with Gasteiger partial charge in [-0.05, 0) is 73.9 Å². The van der Waals surface area contributed by atoms with Gasteiger partial charge in [-0.15, -0.1) is 22.7 Å². The van der Waals surface area contributed by atoms with Gasteiger partial charge in [0.1, 0.15) is 22.3 Å². The van der Waals surface area contributed by atoms with E-state index in [9.17, 15) is 0 Å². The summed E-state index contributed by atoms with van der Waals surface area (Å²) < 4.78 is 15.7. The average molecular weight is 603 g/mol. The molecule has 10 rings (SSSR count). The van der Waals surface area contributed by atoms with Crippen molar-refractivity contribution in [3.63, 3.8) is 0 Å². The molecular weight excluding hydrogens is 577 g/mol. The number of thiophene rings is 2. The Hall–Kier alpha value is -4.64. The van der Waals surface area contributed by atoms with Crippen molar-refractivity contribution in [1.29, 1.82) is 0 Å². The van der Waals surface area contributed by atoms with E-state index in [0.29, 0.717) is 0 Å². The van der Waals surface area contributed by atoms with Gasteiger partial charge in [0.05, 0.1) is 9.40 Å². The monoisotopic (exact) mass is 602 g/mol. The van der Waals surface area contributed by atoms with E-state index >= 15 is 0 Å². The van der Waals surface area contributed by atoms with E-state index in [2.05, 4.69) is 113 Å². The smallest absolute Gasteiger partial charge is 0.146 e. The van der Waals surface area contributed by atoms with Gasteiger partial charge in [0.25, 0.3) is 0 Å². The number of furan rings is 2. The third-order valence-corrected chi connectivity index (χ3v) is 11.5. The van der Waals surface area contributed by atoms with Gasteiger partial charge < -0.3 is 8.83 Å². The Morgan fingerprint density at radius 2 is 0.841 bits per heavy atom. The van der Waals surface area contributed by atoms with Crippen molar-refractivity contribution >= 4 is 97.5 Å². The molecule has 0 spiro atoms. The zero-order chi connectivity index (χ0) is 29.4. The first-order chi connectivity index (χ1) is 21.4. The maximum atomic E-state index is 6.66. The molecule has 44 heavy (non-hydrogen) atoms. The third kappa shape index (κ3) is 3.35. The summed E-state index contributed by atoms with van der Waals surface area (Å²) in [5.41, 5.74) is 11.5. The molecule has 0 aliphatic carbocycles. The SMILES string of the molecule is Cc1cc(C)cc(-c2cc3oc4c(cc5ccc6c7oc8cc(-c9cc(C)cc(C)c9)sc8c7cc7ccc4c5c76)c3s2)c1. The highest BCUT2D eigenvalue weighted by molar-refractivity contribution is 7.23. The number of hydrogen-bond donors (Lipinski definition) is 0. The molecule has 0 fully saturated rings. The Labute approximate surface area is 261 Å². The Balaban J connectivity index is 1.19. The largest absolute Gasteiger partial charge is 0.454 e. The molecule has 0 N–H and O–H groups in total. The molecule has 210 valence electrons. The number of rotatable bonds is 2. The molecule has 4 aromatic heterocycles. The van der Waals surface area contributed by atoms with Crippen molar-refractivity contribution in [2.45, 2.75) is 27.7 Å². The number of fused-ring (bicyclic) bond motifs is 8. The van der Waals surface area contributed by atoms with Crippen LogP contribution in [0.15, 0.2) is 93.8 Å². The van der Waals surface area contributed by atoms with Crippen molar-refractivity contribution in [2.24, 2.45) is 0 Å². The second-order valence-corrected chi connectivity index (χ2v) is 14.6. The predicted molar refractivity (Wildman–Crippen MR) is 190 cm³/mol. The summed E-state index contributed by atoms with van der Waals surface area (Å²) in [6.07, 6.45) is 0. The van der Waals surface area contributed by atoms with Crippen LogP contribution >= 0.6 is 22.7 Å². The molecule has 0 saturated carbocycles. The normalized spacial score (nSPS) is 12.5. The van der Waals surface area contributed by atoms with Gasteiger partial charge in [-0.1, -0.05) is 70.8 Å². The number of benzene rings is 6. The van der Waals surface area contributed by atoms with Crippen molar-refractivity contribution in [1.82, 2.24) is 0 Å². The maximum absolute atomic E-state index is 6.66. The quantitative estimate of drug-likeness (QED) is 0.184. The Bertz CT molecular complexity index is 2580. The van der Waals surface area contributed by atoms with Crippen molar-refractivity contribution in [2.75, 3.05) is 0 Å². The summed E-state index contributed by atoms with van der Waals surface area (Å²) in [5, 5.41) is 9.68. The summed E-state index contributed by atoms with van der Waals surface area (Å²) in [5.74, 6) is 0. The lowest BCUT2D eigenvalue weighted by atomic mass is 9.92. The second kappa shape index (κ2) is 8.50. The lowest BCUT2D eigenvalue weighted by Gasteiger charge is -2.11. The first kappa shape index (κ1) is 24.8. The maximum Gasteiger partial charge on any atom is 0.146 e. The molecule has 0 atom stereocenters. The fourth-order valence-electron chi connectivity index (χ4n) is 7.47. The fraction of sp³-hybridized carbons (Fsp3) is 0.100.